The summed E-state index contributed by atoms with van der Waals surface area (Å²) < 4.78 is 19.5. The smallest absolute Gasteiger partial charge is 0.254 e. The Morgan fingerprint density at radius 1 is 1.12 bits per heavy atom. The van der Waals surface area contributed by atoms with Gasteiger partial charge in [-0.15, -0.1) is 0 Å². The second-order valence-corrected chi connectivity index (χ2v) is 6.29. The summed E-state index contributed by atoms with van der Waals surface area (Å²) in [5.41, 5.74) is 2.48. The minimum atomic E-state index is -0.522. The van der Waals surface area contributed by atoms with Crippen LogP contribution in [0.1, 0.15) is 27.7 Å². The lowest BCUT2D eigenvalue weighted by atomic mass is 10.1. The van der Waals surface area contributed by atoms with Crippen LogP contribution in [0.2, 0.25) is 0 Å². The van der Waals surface area contributed by atoms with Crippen LogP contribution >= 0.6 is 0 Å². The first-order valence-electron chi connectivity index (χ1n) is 8.65. The molecule has 4 nitrogen and oxygen atoms in total. The second kappa shape index (κ2) is 7.04. The summed E-state index contributed by atoms with van der Waals surface area (Å²) in [4.78, 5) is 14.6. The Kier molecular flexibility index (Phi) is 4.44. The largest absolute Gasteiger partial charge is 0.467 e. The summed E-state index contributed by atoms with van der Waals surface area (Å²) in [5, 5.41) is 2.86. The van der Waals surface area contributed by atoms with Crippen molar-refractivity contribution in [1.29, 1.82) is 0 Å². The van der Waals surface area contributed by atoms with Crippen LogP contribution in [0.15, 0.2) is 71.3 Å². The van der Waals surface area contributed by atoms with Crippen molar-refractivity contribution < 1.29 is 13.6 Å². The summed E-state index contributed by atoms with van der Waals surface area (Å²) in [6, 6.07) is 17.8. The van der Waals surface area contributed by atoms with E-state index in [2.05, 4.69) is 22.3 Å². The molecule has 1 amide bonds. The molecule has 2 aromatic carbocycles. The number of carbonyl (C=O) groups is 1. The number of anilines is 1. The van der Waals surface area contributed by atoms with Gasteiger partial charge in [0.15, 0.2) is 0 Å². The number of para-hydroxylation sites is 1. The third kappa shape index (κ3) is 3.08. The molecule has 1 aromatic heterocycles. The van der Waals surface area contributed by atoms with E-state index in [1.54, 1.807) is 18.4 Å². The molecule has 0 bridgehead atoms. The topological polar surface area (TPSA) is 45.5 Å². The fraction of sp³-hybridized carbons (Fsp3) is 0.190. The van der Waals surface area contributed by atoms with Crippen LogP contribution in [-0.4, -0.2) is 19.0 Å². The van der Waals surface area contributed by atoms with Crippen molar-refractivity contribution in [2.45, 2.75) is 12.5 Å². The van der Waals surface area contributed by atoms with E-state index in [1.165, 1.54) is 17.7 Å². The van der Waals surface area contributed by atoms with Crippen molar-refractivity contribution in [2.24, 2.45) is 0 Å². The Bertz CT molecular complexity index is 908. The van der Waals surface area contributed by atoms with Gasteiger partial charge in [-0.2, -0.15) is 0 Å². The van der Waals surface area contributed by atoms with Gasteiger partial charge >= 0.3 is 0 Å². The summed E-state index contributed by atoms with van der Waals surface area (Å²) in [6.07, 6.45) is 2.58. The number of fused-ring (bicyclic) bond motifs is 1. The molecule has 1 atom stereocenters. The number of benzene rings is 2. The molecule has 2 heterocycles. The maximum absolute atomic E-state index is 13.8. The van der Waals surface area contributed by atoms with Gasteiger partial charge in [0.1, 0.15) is 17.6 Å². The molecule has 132 valence electrons. The first-order valence-corrected chi connectivity index (χ1v) is 8.65. The molecule has 3 aromatic rings. The summed E-state index contributed by atoms with van der Waals surface area (Å²) >= 11 is 0. The minimum absolute atomic E-state index is 0.0486. The molecule has 4 rings (SSSR count). The average molecular weight is 350 g/mol. The lowest BCUT2D eigenvalue weighted by Crippen LogP contribution is -2.37. The molecule has 1 N–H and O–H groups in total. The first kappa shape index (κ1) is 16.4. The highest BCUT2D eigenvalue weighted by Gasteiger charge is 2.29. The van der Waals surface area contributed by atoms with Crippen LogP contribution in [0, 0.1) is 5.82 Å². The first-order chi connectivity index (χ1) is 12.7. The zero-order chi connectivity index (χ0) is 17.9. The molecule has 0 radical (unpaired) electrons. The van der Waals surface area contributed by atoms with Crippen molar-refractivity contribution in [3.63, 3.8) is 0 Å². The number of furan rings is 1. The van der Waals surface area contributed by atoms with E-state index in [0.29, 0.717) is 6.54 Å². The number of amides is 1. The van der Waals surface area contributed by atoms with Crippen molar-refractivity contribution in [1.82, 2.24) is 5.32 Å². The minimum Gasteiger partial charge on any atom is -0.467 e. The van der Waals surface area contributed by atoms with Crippen LogP contribution in [0.25, 0.3) is 0 Å². The molecular formula is C21H19FN2O2. The van der Waals surface area contributed by atoms with Crippen LogP contribution in [0.5, 0.6) is 0 Å². The molecule has 1 aliphatic rings. The predicted molar refractivity (Wildman–Crippen MR) is 97.7 cm³/mol. The van der Waals surface area contributed by atoms with E-state index in [0.717, 1.165) is 24.4 Å². The maximum atomic E-state index is 13.8. The average Bonchev–Trinajstić information content (AvgIpc) is 3.33. The van der Waals surface area contributed by atoms with Crippen molar-refractivity contribution in [2.75, 3.05) is 18.0 Å². The Labute approximate surface area is 151 Å². The number of nitrogens with zero attached hydrogens (tertiary/aromatic N) is 1. The number of carbonyl (C=O) groups excluding carboxylic acids is 1. The maximum Gasteiger partial charge on any atom is 0.254 e. The Hall–Kier alpha value is -3.08. The van der Waals surface area contributed by atoms with Gasteiger partial charge in [0.05, 0.1) is 11.8 Å². The van der Waals surface area contributed by atoms with E-state index in [-0.39, 0.29) is 11.6 Å². The highest BCUT2D eigenvalue weighted by atomic mass is 19.1. The summed E-state index contributed by atoms with van der Waals surface area (Å²) in [6.45, 7) is 1.18. The van der Waals surface area contributed by atoms with Gasteiger partial charge in [0.25, 0.3) is 5.91 Å². The molecule has 1 aliphatic heterocycles. The molecular weight excluding hydrogens is 331 g/mol. The number of hydrogen-bond acceptors (Lipinski definition) is 3. The van der Waals surface area contributed by atoms with Crippen molar-refractivity contribution >= 4 is 11.6 Å². The number of rotatable bonds is 5. The van der Waals surface area contributed by atoms with Gasteiger partial charge in [0, 0.05) is 18.8 Å². The van der Waals surface area contributed by atoms with Gasteiger partial charge in [-0.05, 0) is 42.3 Å². The molecule has 0 aliphatic carbocycles. The molecule has 0 unspecified atom stereocenters. The van der Waals surface area contributed by atoms with Gasteiger partial charge in [-0.25, -0.2) is 4.39 Å². The molecule has 0 saturated carbocycles. The second-order valence-electron chi connectivity index (χ2n) is 6.29. The van der Waals surface area contributed by atoms with E-state index in [1.807, 2.05) is 24.3 Å². The number of hydrogen-bond donors (Lipinski definition) is 1. The van der Waals surface area contributed by atoms with Gasteiger partial charge in [0.2, 0.25) is 0 Å². The third-order valence-electron chi connectivity index (χ3n) is 4.75. The summed E-state index contributed by atoms with van der Waals surface area (Å²) in [7, 11) is 0. The van der Waals surface area contributed by atoms with Crippen LogP contribution in [0.3, 0.4) is 0 Å². The lowest BCUT2D eigenvalue weighted by Gasteiger charge is -2.29. The standard InChI is InChI=1S/C21H19FN2O2/c22-17-8-3-2-7-16(17)21(25)23-14-19(20-10-5-13-26-20)24-12-11-15-6-1-4-9-18(15)24/h1-10,13,19H,11-12,14H2,(H,23,25)/t19-/m1/s1. The highest BCUT2D eigenvalue weighted by Crippen LogP contribution is 2.34. The normalized spacial score (nSPS) is 14.1. The zero-order valence-corrected chi connectivity index (χ0v) is 14.2. The molecule has 26 heavy (non-hydrogen) atoms. The number of nitrogens with one attached hydrogen (secondary N) is 1. The third-order valence-corrected chi connectivity index (χ3v) is 4.75. The molecule has 0 saturated heterocycles. The summed E-state index contributed by atoms with van der Waals surface area (Å²) in [5.74, 6) is -0.172. The van der Waals surface area contributed by atoms with Gasteiger partial charge in [-0.1, -0.05) is 30.3 Å². The zero-order valence-electron chi connectivity index (χ0n) is 14.2. The van der Waals surface area contributed by atoms with Gasteiger partial charge < -0.3 is 14.6 Å². The van der Waals surface area contributed by atoms with Crippen molar-refractivity contribution in [3.05, 3.63) is 89.6 Å². The molecule has 0 fully saturated rings. The van der Waals surface area contributed by atoms with E-state index >= 15 is 0 Å². The Morgan fingerprint density at radius 3 is 2.73 bits per heavy atom. The van der Waals surface area contributed by atoms with Crippen molar-refractivity contribution in [3.8, 4) is 0 Å². The monoisotopic (exact) mass is 350 g/mol. The Balaban J connectivity index is 1.56. The van der Waals surface area contributed by atoms with E-state index in [4.69, 9.17) is 4.42 Å². The predicted octanol–water partition coefficient (Wildman–Crippen LogP) is 3.95. The SMILES string of the molecule is O=C(NC[C@H](c1ccco1)N1CCc2ccccc21)c1ccccc1F. The highest BCUT2D eigenvalue weighted by molar-refractivity contribution is 5.94. The fourth-order valence-electron chi connectivity index (χ4n) is 3.46. The quantitative estimate of drug-likeness (QED) is 0.758. The molecule has 0 spiro atoms. The van der Waals surface area contributed by atoms with Crippen LogP contribution in [0.4, 0.5) is 10.1 Å². The van der Waals surface area contributed by atoms with E-state index < -0.39 is 11.7 Å². The lowest BCUT2D eigenvalue weighted by molar-refractivity contribution is 0.0946. The molecule has 5 heteroatoms. The number of halogens is 1. The Morgan fingerprint density at radius 2 is 1.92 bits per heavy atom. The van der Waals surface area contributed by atoms with Crippen LogP contribution in [-0.2, 0) is 6.42 Å². The fourth-order valence-corrected chi connectivity index (χ4v) is 3.46. The van der Waals surface area contributed by atoms with E-state index in [9.17, 15) is 9.18 Å². The van der Waals surface area contributed by atoms with Crippen LogP contribution < -0.4 is 10.2 Å². The van der Waals surface area contributed by atoms with Gasteiger partial charge in [-0.3, -0.25) is 4.79 Å².